The van der Waals surface area contributed by atoms with E-state index in [4.69, 9.17) is 9.15 Å². The van der Waals surface area contributed by atoms with Gasteiger partial charge in [0.15, 0.2) is 0 Å². The zero-order valence-corrected chi connectivity index (χ0v) is 15.0. The van der Waals surface area contributed by atoms with E-state index in [1.54, 1.807) is 24.5 Å². The van der Waals surface area contributed by atoms with Crippen LogP contribution in [0.2, 0.25) is 0 Å². The van der Waals surface area contributed by atoms with E-state index in [2.05, 4.69) is 0 Å². The number of hydrogen-bond donors (Lipinski definition) is 0. The molecule has 1 aromatic carbocycles. The minimum atomic E-state index is -0.258. The number of likely N-dealkylation sites (tertiary alicyclic amines) is 1. The van der Waals surface area contributed by atoms with Crippen molar-refractivity contribution in [2.75, 3.05) is 19.6 Å². The summed E-state index contributed by atoms with van der Waals surface area (Å²) < 4.78 is 10.8. The van der Waals surface area contributed by atoms with Crippen molar-refractivity contribution in [3.63, 3.8) is 0 Å². The van der Waals surface area contributed by atoms with Gasteiger partial charge in [-0.3, -0.25) is 4.79 Å². The normalized spacial score (nSPS) is 21.0. The number of ether oxygens (including phenoxy) is 1. The van der Waals surface area contributed by atoms with Crippen molar-refractivity contribution in [3.05, 3.63) is 66.1 Å². The van der Waals surface area contributed by atoms with Gasteiger partial charge in [0.1, 0.15) is 11.9 Å². The number of furan rings is 1. The van der Waals surface area contributed by atoms with Crippen LogP contribution in [-0.4, -0.2) is 47.5 Å². The Labute approximate surface area is 158 Å². The maximum atomic E-state index is 12.3. The molecule has 140 valence electrons. The molecule has 27 heavy (non-hydrogen) atoms. The lowest BCUT2D eigenvalue weighted by atomic mass is 10.0. The molecule has 6 nitrogen and oxygen atoms in total. The maximum absolute atomic E-state index is 12.3. The van der Waals surface area contributed by atoms with E-state index < -0.39 is 0 Å². The molecule has 2 aliphatic rings. The van der Waals surface area contributed by atoms with Gasteiger partial charge >= 0.3 is 6.09 Å². The minimum absolute atomic E-state index is 0.0315. The highest BCUT2D eigenvalue weighted by molar-refractivity contribution is 5.91. The first-order valence-electron chi connectivity index (χ1n) is 9.23. The monoisotopic (exact) mass is 366 g/mol. The number of rotatable bonds is 4. The van der Waals surface area contributed by atoms with Crippen molar-refractivity contribution in [2.24, 2.45) is 0 Å². The molecular formula is C21H22N2O4. The molecule has 1 atom stereocenters. The number of piperidine rings is 1. The first kappa shape index (κ1) is 17.4. The molecule has 2 saturated heterocycles. The van der Waals surface area contributed by atoms with E-state index >= 15 is 0 Å². The largest absolute Gasteiger partial charge is 0.465 e. The number of nitrogens with zero attached hydrogens (tertiary/aromatic N) is 2. The Hall–Kier alpha value is -3.02. The molecule has 0 N–H and O–H groups in total. The average Bonchev–Trinajstić information content (AvgIpc) is 3.37. The van der Waals surface area contributed by atoms with Crippen molar-refractivity contribution < 1.29 is 18.7 Å². The van der Waals surface area contributed by atoms with Gasteiger partial charge in [-0.2, -0.15) is 0 Å². The number of cyclic esters (lactones) is 1. The summed E-state index contributed by atoms with van der Waals surface area (Å²) in [5.74, 6) is 0.626. The SMILES string of the molecule is O=C(/C=C/c1ccco1)N1CCC(N2CC(c3ccccc3)OC2=O)CC1. The fraction of sp³-hybridized carbons (Fsp3) is 0.333. The van der Waals surface area contributed by atoms with E-state index in [0.717, 1.165) is 18.4 Å². The first-order chi connectivity index (χ1) is 13.2. The fourth-order valence-electron chi connectivity index (χ4n) is 3.66. The fourth-order valence-corrected chi connectivity index (χ4v) is 3.66. The second kappa shape index (κ2) is 7.70. The van der Waals surface area contributed by atoms with Crippen LogP contribution < -0.4 is 0 Å². The van der Waals surface area contributed by atoms with Gasteiger partial charge in [0.25, 0.3) is 0 Å². The molecule has 2 aromatic rings. The van der Waals surface area contributed by atoms with Crippen molar-refractivity contribution in [3.8, 4) is 0 Å². The Balaban J connectivity index is 1.31. The van der Waals surface area contributed by atoms with Gasteiger partial charge in [-0.1, -0.05) is 30.3 Å². The summed E-state index contributed by atoms with van der Waals surface area (Å²) >= 11 is 0. The van der Waals surface area contributed by atoms with Crippen LogP contribution in [0.3, 0.4) is 0 Å². The summed E-state index contributed by atoms with van der Waals surface area (Å²) in [6.45, 7) is 1.83. The molecule has 1 aromatic heterocycles. The molecule has 2 amide bonds. The molecule has 0 saturated carbocycles. The molecule has 0 bridgehead atoms. The number of hydrogen-bond acceptors (Lipinski definition) is 4. The lowest BCUT2D eigenvalue weighted by Gasteiger charge is -2.35. The average molecular weight is 366 g/mol. The summed E-state index contributed by atoms with van der Waals surface area (Å²) in [5, 5.41) is 0. The van der Waals surface area contributed by atoms with Gasteiger partial charge in [-0.15, -0.1) is 0 Å². The molecule has 2 fully saturated rings. The third-order valence-corrected chi connectivity index (χ3v) is 5.16. The third-order valence-electron chi connectivity index (χ3n) is 5.16. The highest BCUT2D eigenvalue weighted by atomic mass is 16.6. The molecular weight excluding hydrogens is 344 g/mol. The Morgan fingerprint density at radius 2 is 1.85 bits per heavy atom. The summed E-state index contributed by atoms with van der Waals surface area (Å²) in [4.78, 5) is 28.3. The van der Waals surface area contributed by atoms with Gasteiger partial charge < -0.3 is 19.0 Å². The van der Waals surface area contributed by atoms with E-state index in [9.17, 15) is 9.59 Å². The molecule has 0 radical (unpaired) electrons. The van der Waals surface area contributed by atoms with Crippen molar-refractivity contribution in [1.29, 1.82) is 0 Å². The second-order valence-electron chi connectivity index (χ2n) is 6.84. The van der Waals surface area contributed by atoms with Gasteiger partial charge in [0.05, 0.1) is 12.8 Å². The molecule has 0 aliphatic carbocycles. The van der Waals surface area contributed by atoms with Gasteiger partial charge in [0, 0.05) is 25.2 Å². The van der Waals surface area contributed by atoms with Crippen LogP contribution in [0.25, 0.3) is 6.08 Å². The number of carbonyl (C=O) groups excluding carboxylic acids is 2. The lowest BCUT2D eigenvalue weighted by molar-refractivity contribution is -0.127. The summed E-state index contributed by atoms with van der Waals surface area (Å²) in [6, 6.07) is 13.5. The van der Waals surface area contributed by atoms with Crippen LogP contribution >= 0.6 is 0 Å². The van der Waals surface area contributed by atoms with Gasteiger partial charge in [0.2, 0.25) is 5.91 Å². The van der Waals surface area contributed by atoms with E-state index in [0.29, 0.717) is 25.4 Å². The van der Waals surface area contributed by atoms with Crippen LogP contribution in [0.1, 0.15) is 30.3 Å². The van der Waals surface area contributed by atoms with Crippen molar-refractivity contribution in [1.82, 2.24) is 9.80 Å². The Morgan fingerprint density at radius 1 is 1.07 bits per heavy atom. The van der Waals surface area contributed by atoms with Gasteiger partial charge in [-0.25, -0.2) is 4.79 Å². The molecule has 3 heterocycles. The zero-order chi connectivity index (χ0) is 18.6. The molecule has 4 rings (SSSR count). The smallest absolute Gasteiger partial charge is 0.410 e. The van der Waals surface area contributed by atoms with Crippen LogP contribution in [-0.2, 0) is 9.53 Å². The Bertz CT molecular complexity index is 808. The lowest BCUT2D eigenvalue weighted by Crippen LogP contribution is -2.46. The predicted octanol–water partition coefficient (Wildman–Crippen LogP) is 3.48. The predicted molar refractivity (Wildman–Crippen MR) is 99.7 cm³/mol. The minimum Gasteiger partial charge on any atom is -0.465 e. The topological polar surface area (TPSA) is 63.0 Å². The summed E-state index contributed by atoms with van der Waals surface area (Å²) in [6.07, 6.45) is 5.84. The van der Waals surface area contributed by atoms with Crippen LogP contribution in [0, 0.1) is 0 Å². The van der Waals surface area contributed by atoms with E-state index in [1.165, 1.54) is 6.08 Å². The first-order valence-corrected chi connectivity index (χ1v) is 9.23. The van der Waals surface area contributed by atoms with Gasteiger partial charge in [-0.05, 0) is 36.6 Å². The highest BCUT2D eigenvalue weighted by Gasteiger charge is 2.38. The van der Waals surface area contributed by atoms with E-state index in [-0.39, 0.29) is 24.1 Å². The Kier molecular flexibility index (Phi) is 4.96. The molecule has 6 heteroatoms. The maximum Gasteiger partial charge on any atom is 0.410 e. The van der Waals surface area contributed by atoms with Crippen LogP contribution in [0.4, 0.5) is 4.79 Å². The van der Waals surface area contributed by atoms with Crippen LogP contribution in [0.5, 0.6) is 0 Å². The number of amides is 2. The number of benzene rings is 1. The highest BCUT2D eigenvalue weighted by Crippen LogP contribution is 2.30. The second-order valence-corrected chi connectivity index (χ2v) is 6.84. The quantitative estimate of drug-likeness (QED) is 0.777. The third kappa shape index (κ3) is 3.89. The molecule has 0 spiro atoms. The Morgan fingerprint density at radius 3 is 2.56 bits per heavy atom. The zero-order valence-electron chi connectivity index (χ0n) is 15.0. The molecule has 1 unspecified atom stereocenters. The van der Waals surface area contributed by atoms with Crippen molar-refractivity contribution in [2.45, 2.75) is 25.0 Å². The molecule has 2 aliphatic heterocycles. The standard InChI is InChI=1S/C21H22N2O4/c24-20(9-8-18-7-4-14-26-18)22-12-10-17(11-13-22)23-15-19(27-21(23)25)16-5-2-1-3-6-16/h1-9,14,17,19H,10-13,15H2/b9-8+. The van der Waals surface area contributed by atoms with Crippen LogP contribution in [0.15, 0.2) is 59.2 Å². The van der Waals surface area contributed by atoms with Crippen molar-refractivity contribution >= 4 is 18.1 Å². The summed E-state index contributed by atoms with van der Waals surface area (Å²) in [5.41, 5.74) is 1.02. The van der Waals surface area contributed by atoms with E-state index in [1.807, 2.05) is 40.1 Å². The number of carbonyl (C=O) groups is 2. The summed E-state index contributed by atoms with van der Waals surface area (Å²) in [7, 11) is 0.